The number of nitrogens with zero attached hydrogens (tertiary/aromatic N) is 3. The largest absolute Gasteiger partial charge is 0.335 e. The van der Waals surface area contributed by atoms with Crippen LogP contribution in [0, 0.1) is 0 Å². The smallest absolute Gasteiger partial charge is 0.261 e. The van der Waals surface area contributed by atoms with Crippen LogP contribution in [0.4, 0.5) is 5.69 Å². The molecule has 144 valence electrons. The van der Waals surface area contributed by atoms with Crippen molar-refractivity contribution >= 4 is 55.9 Å². The van der Waals surface area contributed by atoms with Gasteiger partial charge in [-0.15, -0.1) is 0 Å². The first-order valence-corrected chi connectivity index (χ1v) is 9.44. The zero-order valence-electron chi connectivity index (χ0n) is 14.9. The molecule has 2 amide bonds. The summed E-state index contributed by atoms with van der Waals surface area (Å²) in [5, 5.41) is 3.58. The highest BCUT2D eigenvalue weighted by Gasteiger charge is 2.15. The van der Waals surface area contributed by atoms with Crippen LogP contribution in [0.25, 0.3) is 10.9 Å². The molecule has 0 aliphatic carbocycles. The summed E-state index contributed by atoms with van der Waals surface area (Å²) in [6, 6.07) is 11.9. The Balaban J connectivity index is 1.67. The molecule has 0 atom stereocenters. The molecular formula is C19H16BrClN4O3. The van der Waals surface area contributed by atoms with Crippen molar-refractivity contribution in [2.45, 2.75) is 6.54 Å². The zero-order chi connectivity index (χ0) is 20.3. The molecular weight excluding hydrogens is 448 g/mol. The standard InChI is InChI=1S/C19H16BrClN4O3/c1-24(9-17(26)23-14-4-2-3-13(21)8-14)18(27)10-25-11-22-16-6-5-12(20)7-15(16)19(25)28/h2-8,11H,9-10H2,1H3,(H,23,26). The maximum Gasteiger partial charge on any atom is 0.261 e. The number of aromatic nitrogens is 2. The number of carbonyl (C=O) groups excluding carboxylic acids is 2. The van der Waals surface area contributed by atoms with Crippen LogP contribution in [-0.2, 0) is 16.1 Å². The molecule has 0 saturated heterocycles. The molecule has 0 saturated carbocycles. The molecule has 0 spiro atoms. The summed E-state index contributed by atoms with van der Waals surface area (Å²) in [6.45, 7) is -0.373. The summed E-state index contributed by atoms with van der Waals surface area (Å²) in [5.74, 6) is -0.759. The molecule has 7 nitrogen and oxygen atoms in total. The number of nitrogens with one attached hydrogen (secondary N) is 1. The van der Waals surface area contributed by atoms with E-state index in [0.29, 0.717) is 21.6 Å². The van der Waals surface area contributed by atoms with E-state index in [2.05, 4.69) is 26.2 Å². The summed E-state index contributed by atoms with van der Waals surface area (Å²) in [5.41, 5.74) is 0.765. The van der Waals surface area contributed by atoms with E-state index < -0.39 is 0 Å². The molecule has 1 aromatic heterocycles. The molecule has 9 heteroatoms. The minimum absolute atomic E-state index is 0.160. The van der Waals surface area contributed by atoms with Crippen molar-refractivity contribution in [1.29, 1.82) is 0 Å². The SMILES string of the molecule is CN(CC(=O)Nc1cccc(Cl)c1)C(=O)Cn1cnc2ccc(Br)cc2c1=O. The number of fused-ring (bicyclic) bond motifs is 1. The summed E-state index contributed by atoms with van der Waals surface area (Å²) in [7, 11) is 1.50. The number of carbonyl (C=O) groups is 2. The van der Waals surface area contributed by atoms with Crippen LogP contribution >= 0.6 is 27.5 Å². The van der Waals surface area contributed by atoms with E-state index in [-0.39, 0.29) is 30.5 Å². The normalized spacial score (nSPS) is 10.7. The molecule has 0 aliphatic rings. The van der Waals surface area contributed by atoms with Crippen LogP contribution in [0.15, 0.2) is 58.1 Å². The zero-order valence-corrected chi connectivity index (χ0v) is 17.2. The fourth-order valence-electron chi connectivity index (χ4n) is 2.58. The lowest BCUT2D eigenvalue weighted by Crippen LogP contribution is -2.38. The second kappa shape index (κ2) is 8.53. The number of hydrogen-bond donors (Lipinski definition) is 1. The second-order valence-corrected chi connectivity index (χ2v) is 7.50. The lowest BCUT2D eigenvalue weighted by atomic mass is 10.2. The lowest BCUT2D eigenvalue weighted by Gasteiger charge is -2.17. The van der Waals surface area contributed by atoms with Crippen molar-refractivity contribution < 1.29 is 9.59 Å². The third-order valence-electron chi connectivity index (χ3n) is 4.01. The first kappa shape index (κ1) is 20.0. The summed E-state index contributed by atoms with van der Waals surface area (Å²) >= 11 is 9.20. The van der Waals surface area contributed by atoms with Crippen molar-refractivity contribution in [3.05, 3.63) is 68.6 Å². The Kier molecular flexibility index (Phi) is 6.11. The van der Waals surface area contributed by atoms with Crippen molar-refractivity contribution in [3.8, 4) is 0 Å². The molecule has 1 heterocycles. The first-order chi connectivity index (χ1) is 13.3. The van der Waals surface area contributed by atoms with Gasteiger partial charge < -0.3 is 10.2 Å². The molecule has 0 fully saturated rings. The van der Waals surface area contributed by atoms with Crippen molar-refractivity contribution in [2.24, 2.45) is 0 Å². The maximum atomic E-state index is 12.6. The van der Waals surface area contributed by atoms with Crippen molar-refractivity contribution in [2.75, 3.05) is 18.9 Å². The Hall–Kier alpha value is -2.71. The topological polar surface area (TPSA) is 84.3 Å². The quantitative estimate of drug-likeness (QED) is 0.630. The molecule has 0 radical (unpaired) electrons. The number of anilines is 1. The minimum atomic E-state index is -0.389. The summed E-state index contributed by atoms with van der Waals surface area (Å²) < 4.78 is 1.97. The minimum Gasteiger partial charge on any atom is -0.335 e. The van der Waals surface area contributed by atoms with E-state index in [1.54, 1.807) is 42.5 Å². The predicted molar refractivity (Wildman–Crippen MR) is 111 cm³/mol. The van der Waals surface area contributed by atoms with Crippen LogP contribution < -0.4 is 10.9 Å². The number of benzene rings is 2. The molecule has 0 aliphatic heterocycles. The molecule has 3 aromatic rings. The number of likely N-dealkylation sites (N-methyl/N-ethyl adjacent to an activating group) is 1. The Morgan fingerprint density at radius 3 is 2.79 bits per heavy atom. The number of halogens is 2. The average Bonchev–Trinajstić information content (AvgIpc) is 2.64. The molecule has 0 unspecified atom stereocenters. The summed E-state index contributed by atoms with van der Waals surface area (Å²) in [4.78, 5) is 42.6. The first-order valence-electron chi connectivity index (χ1n) is 8.27. The second-order valence-electron chi connectivity index (χ2n) is 6.15. The highest BCUT2D eigenvalue weighted by atomic mass is 79.9. The Bertz CT molecular complexity index is 1120. The van der Waals surface area contributed by atoms with Gasteiger partial charge in [-0.2, -0.15) is 0 Å². The average molecular weight is 464 g/mol. The Labute approximate surface area is 174 Å². The van der Waals surface area contributed by atoms with Gasteiger partial charge in [0.25, 0.3) is 5.56 Å². The van der Waals surface area contributed by atoms with Gasteiger partial charge in [-0.3, -0.25) is 19.0 Å². The summed E-state index contributed by atoms with van der Waals surface area (Å²) in [6.07, 6.45) is 1.33. The Morgan fingerprint density at radius 2 is 2.04 bits per heavy atom. The molecule has 0 bridgehead atoms. The van der Waals surface area contributed by atoms with Gasteiger partial charge in [0, 0.05) is 22.2 Å². The van der Waals surface area contributed by atoms with Gasteiger partial charge in [0.1, 0.15) is 6.54 Å². The van der Waals surface area contributed by atoms with Crippen molar-refractivity contribution in [3.63, 3.8) is 0 Å². The fraction of sp³-hybridized carbons (Fsp3) is 0.158. The monoisotopic (exact) mass is 462 g/mol. The number of hydrogen-bond acceptors (Lipinski definition) is 4. The highest BCUT2D eigenvalue weighted by molar-refractivity contribution is 9.10. The number of rotatable bonds is 5. The predicted octanol–water partition coefficient (Wildman–Crippen LogP) is 2.91. The van der Waals surface area contributed by atoms with Gasteiger partial charge >= 0.3 is 0 Å². The van der Waals surface area contributed by atoms with Crippen LogP contribution in [0.2, 0.25) is 5.02 Å². The van der Waals surface area contributed by atoms with Gasteiger partial charge in [0.15, 0.2) is 0 Å². The van der Waals surface area contributed by atoms with Gasteiger partial charge in [-0.05, 0) is 36.4 Å². The van der Waals surface area contributed by atoms with Crippen LogP contribution in [0.3, 0.4) is 0 Å². The molecule has 28 heavy (non-hydrogen) atoms. The van der Waals surface area contributed by atoms with E-state index >= 15 is 0 Å². The van der Waals surface area contributed by atoms with Crippen LogP contribution in [-0.4, -0.2) is 39.9 Å². The highest BCUT2D eigenvalue weighted by Crippen LogP contribution is 2.15. The van der Waals surface area contributed by atoms with Gasteiger partial charge in [0.05, 0.1) is 23.8 Å². The van der Waals surface area contributed by atoms with E-state index in [0.717, 1.165) is 4.47 Å². The fourth-order valence-corrected chi connectivity index (χ4v) is 3.13. The molecule has 2 aromatic carbocycles. The van der Waals surface area contributed by atoms with Gasteiger partial charge in [0.2, 0.25) is 11.8 Å². The van der Waals surface area contributed by atoms with E-state index in [4.69, 9.17) is 11.6 Å². The van der Waals surface area contributed by atoms with Crippen LogP contribution in [0.5, 0.6) is 0 Å². The third-order valence-corrected chi connectivity index (χ3v) is 4.73. The maximum absolute atomic E-state index is 12.6. The third kappa shape index (κ3) is 4.76. The van der Waals surface area contributed by atoms with Crippen LogP contribution in [0.1, 0.15) is 0 Å². The van der Waals surface area contributed by atoms with E-state index in [1.165, 1.54) is 22.8 Å². The van der Waals surface area contributed by atoms with E-state index in [9.17, 15) is 14.4 Å². The van der Waals surface area contributed by atoms with E-state index in [1.807, 2.05) is 0 Å². The van der Waals surface area contributed by atoms with Crippen molar-refractivity contribution in [1.82, 2.24) is 14.5 Å². The lowest BCUT2D eigenvalue weighted by molar-refractivity contribution is -0.133. The number of amides is 2. The molecule has 3 rings (SSSR count). The van der Waals surface area contributed by atoms with Gasteiger partial charge in [-0.1, -0.05) is 33.6 Å². The molecule has 1 N–H and O–H groups in total. The Morgan fingerprint density at radius 1 is 1.25 bits per heavy atom. The van der Waals surface area contributed by atoms with Gasteiger partial charge in [-0.25, -0.2) is 4.98 Å².